The highest BCUT2D eigenvalue weighted by Gasteiger charge is 2.03. The summed E-state index contributed by atoms with van der Waals surface area (Å²) in [6.45, 7) is 6.42. The maximum absolute atomic E-state index is 10.9. The molecule has 0 aromatic rings. The Balaban J connectivity index is 3.41. The second kappa shape index (κ2) is 11.1. The molecule has 106 valence electrons. The summed E-state index contributed by atoms with van der Waals surface area (Å²) in [7, 11) is 0. The van der Waals surface area contributed by atoms with Crippen LogP contribution in [-0.4, -0.2) is 12.5 Å². The second-order valence-corrected chi connectivity index (χ2v) is 4.87. The summed E-state index contributed by atoms with van der Waals surface area (Å²) in [6, 6.07) is 0. The fourth-order valence-electron chi connectivity index (χ4n) is 1.74. The predicted octanol–water partition coefficient (Wildman–Crippen LogP) is 3.92. The number of primary amides is 1. The molecule has 0 saturated heterocycles. The van der Waals surface area contributed by atoms with Crippen LogP contribution in [0.4, 0.5) is 0 Å². The topological polar surface area (TPSA) is 52.3 Å². The number of hydrogen-bond acceptors (Lipinski definition) is 2. The number of allylic oxidation sites excluding steroid dienone is 1. The highest BCUT2D eigenvalue weighted by atomic mass is 16.5. The van der Waals surface area contributed by atoms with Crippen molar-refractivity contribution in [3.05, 3.63) is 11.3 Å². The van der Waals surface area contributed by atoms with Crippen molar-refractivity contribution in [1.29, 1.82) is 0 Å². The van der Waals surface area contributed by atoms with E-state index in [1.165, 1.54) is 44.9 Å². The Kier molecular flexibility index (Phi) is 10.5. The molecule has 0 heterocycles. The predicted molar refractivity (Wildman–Crippen MR) is 76.1 cm³/mol. The first kappa shape index (κ1) is 17.0. The Morgan fingerprint density at radius 1 is 0.944 bits per heavy atom. The van der Waals surface area contributed by atoms with Gasteiger partial charge in [0.25, 0.3) is 0 Å². The zero-order chi connectivity index (χ0) is 13.8. The minimum absolute atomic E-state index is 0.400. The smallest absolute Gasteiger partial charge is 0.247 e. The number of carbonyl (C=O) groups is 1. The summed E-state index contributed by atoms with van der Waals surface area (Å²) >= 11 is 0. The van der Waals surface area contributed by atoms with E-state index in [-0.39, 0.29) is 0 Å². The molecule has 0 bridgehead atoms. The van der Waals surface area contributed by atoms with Gasteiger partial charge in [0.05, 0.1) is 12.2 Å². The fraction of sp³-hybridized carbons (Fsp3) is 0.800. The Labute approximate surface area is 112 Å². The normalized spacial score (nSPS) is 12.2. The van der Waals surface area contributed by atoms with Crippen molar-refractivity contribution >= 4 is 5.91 Å². The van der Waals surface area contributed by atoms with Crippen LogP contribution < -0.4 is 5.73 Å². The highest BCUT2D eigenvalue weighted by molar-refractivity contribution is 5.91. The van der Waals surface area contributed by atoms with E-state index in [4.69, 9.17) is 10.5 Å². The van der Waals surface area contributed by atoms with Gasteiger partial charge in [-0.15, -0.1) is 0 Å². The zero-order valence-corrected chi connectivity index (χ0v) is 12.3. The van der Waals surface area contributed by atoms with Crippen LogP contribution >= 0.6 is 0 Å². The molecular weight excluding hydrogens is 226 g/mol. The van der Waals surface area contributed by atoms with E-state index in [2.05, 4.69) is 6.92 Å². The van der Waals surface area contributed by atoms with Crippen LogP contribution in [0.5, 0.6) is 0 Å². The molecule has 18 heavy (non-hydrogen) atoms. The summed E-state index contributed by atoms with van der Waals surface area (Å²) < 4.78 is 5.49. The van der Waals surface area contributed by atoms with Gasteiger partial charge in [-0.3, -0.25) is 4.79 Å². The second-order valence-electron chi connectivity index (χ2n) is 4.87. The van der Waals surface area contributed by atoms with E-state index in [1.807, 2.05) is 0 Å². The van der Waals surface area contributed by atoms with Crippen molar-refractivity contribution in [3.8, 4) is 0 Å². The lowest BCUT2D eigenvalue weighted by molar-refractivity contribution is -0.114. The number of hydrogen-bond donors (Lipinski definition) is 1. The molecule has 0 aliphatic heterocycles. The highest BCUT2D eigenvalue weighted by Crippen LogP contribution is 2.10. The number of amides is 1. The third-order valence-electron chi connectivity index (χ3n) is 3.21. The maximum atomic E-state index is 10.9. The molecule has 0 aromatic carbocycles. The quantitative estimate of drug-likeness (QED) is 0.345. The van der Waals surface area contributed by atoms with E-state index in [0.29, 0.717) is 17.9 Å². The Morgan fingerprint density at radius 2 is 1.44 bits per heavy atom. The molecule has 3 nitrogen and oxygen atoms in total. The molecule has 0 atom stereocenters. The van der Waals surface area contributed by atoms with Gasteiger partial charge in [-0.2, -0.15) is 0 Å². The van der Waals surface area contributed by atoms with Gasteiger partial charge in [-0.1, -0.05) is 51.9 Å². The molecule has 0 aliphatic rings. The number of nitrogens with two attached hydrogens (primary N) is 1. The molecule has 0 radical (unpaired) electrons. The van der Waals surface area contributed by atoms with Crippen molar-refractivity contribution in [1.82, 2.24) is 0 Å². The first-order valence-electron chi connectivity index (χ1n) is 7.19. The molecule has 0 fully saturated rings. The van der Waals surface area contributed by atoms with Gasteiger partial charge in [0.1, 0.15) is 5.76 Å². The standard InChI is InChI=1S/C15H29NO2/c1-4-5-6-7-8-9-10-11-12-18-14(3)13(2)15(16)17/h4-12H2,1-3H3,(H2,16,17)/b14-13+. The summed E-state index contributed by atoms with van der Waals surface area (Å²) in [5.41, 5.74) is 5.69. The van der Waals surface area contributed by atoms with E-state index >= 15 is 0 Å². The Hall–Kier alpha value is -0.990. The molecule has 3 heteroatoms. The number of unbranched alkanes of at least 4 members (excludes halogenated alkanes) is 7. The summed E-state index contributed by atoms with van der Waals surface area (Å²) in [6.07, 6.45) is 10.3. The van der Waals surface area contributed by atoms with Crippen molar-refractivity contribution in [2.24, 2.45) is 5.73 Å². The van der Waals surface area contributed by atoms with E-state index < -0.39 is 5.91 Å². The minimum atomic E-state index is -0.400. The van der Waals surface area contributed by atoms with Crippen LogP contribution in [0.2, 0.25) is 0 Å². The van der Waals surface area contributed by atoms with Gasteiger partial charge in [-0.05, 0) is 20.3 Å². The molecule has 0 spiro atoms. The SMILES string of the molecule is CCCCCCCCCCO/C(C)=C(\C)C(N)=O. The first-order chi connectivity index (χ1) is 8.59. The lowest BCUT2D eigenvalue weighted by atomic mass is 10.1. The number of ether oxygens (including phenoxy) is 1. The molecule has 0 aliphatic carbocycles. The van der Waals surface area contributed by atoms with E-state index in [1.54, 1.807) is 13.8 Å². The van der Waals surface area contributed by atoms with Gasteiger partial charge >= 0.3 is 0 Å². The Bertz CT molecular complexity index is 259. The van der Waals surface area contributed by atoms with Gasteiger partial charge < -0.3 is 10.5 Å². The summed E-state index contributed by atoms with van der Waals surface area (Å²) in [4.78, 5) is 10.9. The van der Waals surface area contributed by atoms with Gasteiger partial charge in [0.2, 0.25) is 5.91 Å². The maximum Gasteiger partial charge on any atom is 0.247 e. The van der Waals surface area contributed by atoms with Crippen LogP contribution in [0, 0.1) is 0 Å². The van der Waals surface area contributed by atoms with Crippen LogP contribution in [0.1, 0.15) is 72.1 Å². The van der Waals surface area contributed by atoms with Crippen LogP contribution in [0.15, 0.2) is 11.3 Å². The van der Waals surface area contributed by atoms with Gasteiger partial charge in [0, 0.05) is 0 Å². The fourth-order valence-corrected chi connectivity index (χ4v) is 1.74. The van der Waals surface area contributed by atoms with Gasteiger partial charge in [-0.25, -0.2) is 0 Å². The number of rotatable bonds is 11. The molecular formula is C15H29NO2. The van der Waals surface area contributed by atoms with Crippen LogP contribution in [0.3, 0.4) is 0 Å². The van der Waals surface area contributed by atoms with E-state index in [0.717, 1.165) is 6.42 Å². The average Bonchev–Trinajstić information content (AvgIpc) is 2.35. The van der Waals surface area contributed by atoms with Crippen molar-refractivity contribution in [2.45, 2.75) is 72.1 Å². The molecule has 0 aromatic heterocycles. The summed E-state index contributed by atoms with van der Waals surface area (Å²) in [5, 5.41) is 0. The molecule has 0 unspecified atom stereocenters. The first-order valence-corrected chi connectivity index (χ1v) is 7.19. The lowest BCUT2D eigenvalue weighted by Gasteiger charge is -2.08. The number of carbonyl (C=O) groups excluding carboxylic acids is 1. The van der Waals surface area contributed by atoms with Crippen molar-refractivity contribution in [3.63, 3.8) is 0 Å². The molecule has 1 amide bonds. The molecule has 0 saturated carbocycles. The third-order valence-corrected chi connectivity index (χ3v) is 3.21. The third kappa shape index (κ3) is 9.08. The largest absolute Gasteiger partial charge is 0.498 e. The van der Waals surface area contributed by atoms with Crippen LogP contribution in [-0.2, 0) is 9.53 Å². The van der Waals surface area contributed by atoms with E-state index in [9.17, 15) is 4.79 Å². The monoisotopic (exact) mass is 255 g/mol. The molecule has 2 N–H and O–H groups in total. The van der Waals surface area contributed by atoms with Gasteiger partial charge in [0.15, 0.2) is 0 Å². The average molecular weight is 255 g/mol. The Morgan fingerprint density at radius 3 is 1.94 bits per heavy atom. The minimum Gasteiger partial charge on any atom is -0.498 e. The van der Waals surface area contributed by atoms with Crippen molar-refractivity contribution in [2.75, 3.05) is 6.61 Å². The molecule has 0 rings (SSSR count). The summed E-state index contributed by atoms with van der Waals surface area (Å²) in [5.74, 6) is 0.258. The lowest BCUT2D eigenvalue weighted by Crippen LogP contribution is -2.14. The zero-order valence-electron chi connectivity index (χ0n) is 12.3. The van der Waals surface area contributed by atoms with Crippen LogP contribution in [0.25, 0.3) is 0 Å². The van der Waals surface area contributed by atoms with Crippen molar-refractivity contribution < 1.29 is 9.53 Å².